The van der Waals surface area contributed by atoms with Gasteiger partial charge in [0.1, 0.15) is 11.0 Å². The number of carbonyl (C=O) groups excluding carboxylic acids is 2. The van der Waals surface area contributed by atoms with E-state index in [1.54, 1.807) is 0 Å². The number of rotatable bonds is 9. The molecule has 0 saturated carbocycles. The Balaban J connectivity index is 2.13. The van der Waals surface area contributed by atoms with Gasteiger partial charge < -0.3 is 14.2 Å². The molecule has 1 aliphatic rings. The molecule has 0 unspecified atom stereocenters. The van der Waals surface area contributed by atoms with Crippen molar-refractivity contribution in [3.05, 3.63) is 69.7 Å². The molecule has 196 valence electrons. The Kier molecular flexibility index (Phi) is 9.78. The van der Waals surface area contributed by atoms with Gasteiger partial charge in [-0.25, -0.2) is 0 Å². The number of piperidine rings is 1. The fourth-order valence-corrected chi connectivity index (χ4v) is 6.45. The molecule has 0 aromatic heterocycles. The Bertz CT molecular complexity index is 1060. The van der Waals surface area contributed by atoms with Crippen LogP contribution in [0.4, 0.5) is 0 Å². The molecule has 8 heteroatoms. The molecule has 0 N–H and O–H groups in total. The molecule has 1 fully saturated rings. The van der Waals surface area contributed by atoms with E-state index >= 15 is 0 Å². The number of carbonyl (C=O) groups is 2. The van der Waals surface area contributed by atoms with Crippen molar-refractivity contribution in [2.24, 2.45) is 5.41 Å². The average Bonchev–Trinajstić information content (AvgIpc) is 2.84. The van der Waals surface area contributed by atoms with E-state index in [1.165, 1.54) is 7.11 Å². The molecule has 1 amide bonds. The highest BCUT2D eigenvalue weighted by Crippen LogP contribution is 2.52. The predicted octanol–water partition coefficient (Wildman–Crippen LogP) is 6.56. The van der Waals surface area contributed by atoms with Gasteiger partial charge in [0.25, 0.3) is 0 Å². The van der Waals surface area contributed by atoms with E-state index in [-0.39, 0.29) is 35.6 Å². The topological polar surface area (TPSA) is 69.7 Å². The van der Waals surface area contributed by atoms with Gasteiger partial charge in [0.15, 0.2) is 0 Å². The fraction of sp³-hybridized carbons (Fsp3) is 0.500. The molecule has 0 aliphatic carbocycles. The monoisotopic (exact) mass is 551 g/mol. The summed E-state index contributed by atoms with van der Waals surface area (Å²) in [6.45, 7) is 7.71. The average molecular weight is 553 g/mol. The zero-order valence-electron chi connectivity index (χ0n) is 21.5. The van der Waals surface area contributed by atoms with Gasteiger partial charge in [-0.1, -0.05) is 65.6 Å². The van der Waals surface area contributed by atoms with Crippen LogP contribution in [0.3, 0.4) is 0 Å². The van der Waals surface area contributed by atoms with Gasteiger partial charge in [-0.3, -0.25) is 9.59 Å². The highest BCUT2D eigenvalue weighted by Gasteiger charge is 2.52. The van der Waals surface area contributed by atoms with Crippen LogP contribution in [-0.2, 0) is 25.5 Å². The lowest BCUT2D eigenvalue weighted by molar-refractivity contribution is -0.161. The molecule has 1 heterocycles. The molecule has 5 nitrogen and oxygen atoms in total. The summed E-state index contributed by atoms with van der Waals surface area (Å²) >= 11 is 11.6. The molecular formula is C28H35Cl2NO4S. The van der Waals surface area contributed by atoms with Crippen LogP contribution in [0.15, 0.2) is 48.5 Å². The summed E-state index contributed by atoms with van der Waals surface area (Å²) in [6.07, 6.45) is 1.01. The third-order valence-electron chi connectivity index (χ3n) is 7.09. The zero-order valence-corrected chi connectivity index (χ0v) is 23.8. The number of hydrogen-bond acceptors (Lipinski definition) is 4. The number of benzene rings is 2. The van der Waals surface area contributed by atoms with Crippen LogP contribution in [0.2, 0.25) is 10.0 Å². The van der Waals surface area contributed by atoms with Gasteiger partial charge >= 0.3 is 5.97 Å². The minimum atomic E-state index is -0.991. The third kappa shape index (κ3) is 6.58. The van der Waals surface area contributed by atoms with Gasteiger partial charge in [-0.15, -0.1) is 0 Å². The second kappa shape index (κ2) is 12.2. The molecule has 2 aromatic rings. The van der Waals surface area contributed by atoms with Crippen molar-refractivity contribution < 1.29 is 18.9 Å². The minimum Gasteiger partial charge on any atom is -0.616 e. The maximum atomic E-state index is 14.2. The molecule has 36 heavy (non-hydrogen) atoms. The lowest BCUT2D eigenvalue weighted by Crippen LogP contribution is -2.55. The van der Waals surface area contributed by atoms with Crippen molar-refractivity contribution in [3.8, 4) is 0 Å². The van der Waals surface area contributed by atoms with E-state index < -0.39 is 22.6 Å². The fourth-order valence-electron chi connectivity index (χ4n) is 5.08. The Morgan fingerprint density at radius 3 is 2.39 bits per heavy atom. The van der Waals surface area contributed by atoms with Crippen LogP contribution in [0.5, 0.6) is 0 Å². The van der Waals surface area contributed by atoms with Crippen molar-refractivity contribution >= 4 is 46.3 Å². The number of methoxy groups -OCH3 is 1. The van der Waals surface area contributed by atoms with E-state index in [2.05, 4.69) is 0 Å². The first-order valence-corrected chi connectivity index (χ1v) is 14.4. The van der Waals surface area contributed by atoms with Gasteiger partial charge in [-0.05, 0) is 62.6 Å². The zero-order chi connectivity index (χ0) is 26.6. The van der Waals surface area contributed by atoms with Gasteiger partial charge in [0.2, 0.25) is 5.91 Å². The smallest absolute Gasteiger partial charge is 0.306 e. The normalized spacial score (nSPS) is 24.0. The van der Waals surface area contributed by atoms with E-state index in [1.807, 2.05) is 81.1 Å². The first kappa shape index (κ1) is 28.8. The van der Waals surface area contributed by atoms with E-state index in [4.69, 9.17) is 27.9 Å². The van der Waals surface area contributed by atoms with Gasteiger partial charge in [0.05, 0.1) is 25.0 Å². The standard InChI is InChI=1S/C28H35Cl2NO4S/c1-18(2)36(34)14-13-19(3)31-26(20-9-11-22(29)12-10-20)24(21-7-6-8-23(30)15-21)16-28(4,27(31)33)17-25(32)35-5/h6-12,15,18-19,24,26H,13-14,16-17H2,1-5H3/t19-,24-,26-,28-,36+/m1/s1. The van der Waals surface area contributed by atoms with Crippen molar-refractivity contribution in [2.75, 3.05) is 12.9 Å². The number of halogens is 2. The Morgan fingerprint density at radius 1 is 1.14 bits per heavy atom. The first-order valence-electron chi connectivity index (χ1n) is 12.2. The van der Waals surface area contributed by atoms with Crippen LogP contribution >= 0.6 is 23.2 Å². The summed E-state index contributed by atoms with van der Waals surface area (Å²) in [7, 11) is 1.34. The maximum Gasteiger partial charge on any atom is 0.306 e. The summed E-state index contributed by atoms with van der Waals surface area (Å²) in [4.78, 5) is 28.5. The summed E-state index contributed by atoms with van der Waals surface area (Å²) in [5.74, 6) is -0.163. The first-order chi connectivity index (χ1) is 17.0. The van der Waals surface area contributed by atoms with Crippen molar-refractivity contribution in [1.29, 1.82) is 0 Å². The quantitative estimate of drug-likeness (QED) is 0.261. The summed E-state index contributed by atoms with van der Waals surface area (Å²) < 4.78 is 17.5. The summed E-state index contributed by atoms with van der Waals surface area (Å²) in [5, 5.41) is 1.27. The highest BCUT2D eigenvalue weighted by atomic mass is 35.5. The number of esters is 1. The molecule has 2 aromatic carbocycles. The van der Waals surface area contributed by atoms with Gasteiger partial charge in [0, 0.05) is 28.4 Å². The molecule has 0 radical (unpaired) electrons. The number of ether oxygens (including phenoxy) is 1. The second-order valence-corrected chi connectivity index (χ2v) is 13.1. The lowest BCUT2D eigenvalue weighted by Gasteiger charge is -2.51. The summed E-state index contributed by atoms with van der Waals surface area (Å²) in [6, 6.07) is 14.7. The van der Waals surface area contributed by atoms with Crippen molar-refractivity contribution in [2.45, 2.75) is 70.2 Å². The minimum absolute atomic E-state index is 0.0200. The van der Waals surface area contributed by atoms with Gasteiger partial charge in [-0.2, -0.15) is 0 Å². The number of hydrogen-bond donors (Lipinski definition) is 0. The van der Waals surface area contributed by atoms with E-state index in [0.29, 0.717) is 28.6 Å². The van der Waals surface area contributed by atoms with Crippen LogP contribution < -0.4 is 0 Å². The second-order valence-electron chi connectivity index (χ2n) is 10.2. The van der Waals surface area contributed by atoms with E-state index in [9.17, 15) is 14.1 Å². The van der Waals surface area contributed by atoms with E-state index in [0.717, 1.165) is 11.1 Å². The number of likely N-dealkylation sites (tertiary alicyclic amines) is 1. The molecule has 3 rings (SSSR count). The van der Waals surface area contributed by atoms with Crippen LogP contribution in [0.1, 0.15) is 70.0 Å². The van der Waals surface area contributed by atoms with Crippen LogP contribution in [0.25, 0.3) is 0 Å². The molecule has 1 saturated heterocycles. The van der Waals surface area contributed by atoms with Crippen molar-refractivity contribution in [1.82, 2.24) is 4.90 Å². The Morgan fingerprint density at radius 2 is 1.81 bits per heavy atom. The third-order valence-corrected chi connectivity index (χ3v) is 9.27. The maximum absolute atomic E-state index is 14.2. The Labute approximate surface area is 227 Å². The largest absolute Gasteiger partial charge is 0.616 e. The number of amides is 1. The lowest BCUT2D eigenvalue weighted by atomic mass is 9.67. The predicted molar refractivity (Wildman–Crippen MR) is 147 cm³/mol. The Hall–Kier alpha value is -1.73. The molecule has 1 aliphatic heterocycles. The highest BCUT2D eigenvalue weighted by molar-refractivity contribution is 7.91. The van der Waals surface area contributed by atoms with Crippen LogP contribution in [-0.4, -0.2) is 45.5 Å². The number of nitrogens with zero attached hydrogens (tertiary/aromatic N) is 1. The summed E-state index contributed by atoms with van der Waals surface area (Å²) in [5.41, 5.74) is 0.984. The SMILES string of the molecule is COC(=O)C[C@@]1(C)C[C@H](c2cccc(Cl)c2)[C@@H](c2ccc(Cl)cc2)N([C@H](C)CC[S@+]([O-])C(C)C)C1=O. The molecule has 0 bridgehead atoms. The van der Waals surface area contributed by atoms with Crippen molar-refractivity contribution in [3.63, 3.8) is 0 Å². The van der Waals surface area contributed by atoms with Crippen LogP contribution in [0, 0.1) is 5.41 Å². The molecular weight excluding hydrogens is 517 g/mol. The molecule has 0 spiro atoms. The molecule has 5 atom stereocenters.